The molecule has 0 aliphatic carbocycles. The highest BCUT2D eigenvalue weighted by Gasteiger charge is 2.17. The molecule has 4 rings (SSSR count). The maximum absolute atomic E-state index is 12.4. The number of hydrogen-bond donors (Lipinski definition) is 1. The fourth-order valence-electron chi connectivity index (χ4n) is 2.64. The summed E-state index contributed by atoms with van der Waals surface area (Å²) >= 11 is 2.88. The molecule has 1 N–H and O–H groups in total. The molecule has 0 aliphatic rings. The number of aromatic nitrogens is 2. The Bertz CT molecular complexity index is 1090. The molecule has 1 amide bonds. The first-order chi connectivity index (χ1) is 12.7. The van der Waals surface area contributed by atoms with Gasteiger partial charge in [0.1, 0.15) is 11.3 Å². The highest BCUT2D eigenvalue weighted by atomic mass is 32.1. The van der Waals surface area contributed by atoms with Crippen LogP contribution in [-0.2, 0) is 0 Å². The van der Waals surface area contributed by atoms with Gasteiger partial charge in [-0.15, -0.1) is 11.3 Å². The lowest BCUT2D eigenvalue weighted by Gasteiger charge is -2.05. The lowest BCUT2D eigenvalue weighted by Crippen LogP contribution is -2.09. The number of thiophene rings is 1. The second-order valence-electron chi connectivity index (χ2n) is 5.59. The van der Waals surface area contributed by atoms with E-state index < -0.39 is 0 Å². The van der Waals surface area contributed by atoms with Crippen molar-refractivity contribution in [2.75, 3.05) is 12.4 Å². The van der Waals surface area contributed by atoms with Crippen LogP contribution in [0.4, 0.5) is 5.13 Å². The van der Waals surface area contributed by atoms with Crippen molar-refractivity contribution in [3.63, 3.8) is 0 Å². The number of amides is 1. The zero-order valence-electron chi connectivity index (χ0n) is 14.1. The summed E-state index contributed by atoms with van der Waals surface area (Å²) in [5, 5.41) is 3.43. The number of aryl methyl sites for hydroxylation is 1. The van der Waals surface area contributed by atoms with E-state index in [2.05, 4.69) is 15.3 Å². The SMILES string of the molecule is COc1ccc(-c2ccccn2)c2sc(NC(=O)c3ccc(C)s3)nc12. The maximum Gasteiger partial charge on any atom is 0.267 e. The van der Waals surface area contributed by atoms with Crippen molar-refractivity contribution < 1.29 is 9.53 Å². The number of rotatable bonds is 4. The summed E-state index contributed by atoms with van der Waals surface area (Å²) in [4.78, 5) is 23.2. The number of pyridine rings is 1. The molecular formula is C19H15N3O2S2. The molecule has 1 aromatic carbocycles. The Morgan fingerprint density at radius 3 is 2.69 bits per heavy atom. The van der Waals surface area contributed by atoms with Crippen LogP contribution in [-0.4, -0.2) is 23.0 Å². The van der Waals surface area contributed by atoms with Crippen molar-refractivity contribution in [3.05, 3.63) is 58.4 Å². The number of ether oxygens (including phenoxy) is 1. The Morgan fingerprint density at radius 2 is 2.00 bits per heavy atom. The first kappa shape index (κ1) is 16.7. The molecule has 0 spiro atoms. The summed E-state index contributed by atoms with van der Waals surface area (Å²) in [5.41, 5.74) is 2.54. The average molecular weight is 381 g/mol. The molecule has 3 aromatic heterocycles. The van der Waals surface area contributed by atoms with Crippen molar-refractivity contribution in [2.24, 2.45) is 0 Å². The first-order valence-electron chi connectivity index (χ1n) is 7.92. The average Bonchev–Trinajstić information content (AvgIpc) is 3.27. The molecule has 0 atom stereocenters. The van der Waals surface area contributed by atoms with Crippen LogP contribution in [0.5, 0.6) is 5.75 Å². The van der Waals surface area contributed by atoms with Gasteiger partial charge in [-0.05, 0) is 43.3 Å². The number of carbonyl (C=O) groups excluding carboxylic acids is 1. The van der Waals surface area contributed by atoms with Crippen molar-refractivity contribution in [1.29, 1.82) is 0 Å². The zero-order chi connectivity index (χ0) is 18.1. The topological polar surface area (TPSA) is 64.1 Å². The van der Waals surface area contributed by atoms with Crippen LogP contribution in [0.2, 0.25) is 0 Å². The predicted molar refractivity (Wildman–Crippen MR) is 106 cm³/mol. The molecular weight excluding hydrogens is 366 g/mol. The van der Waals surface area contributed by atoms with Crippen LogP contribution < -0.4 is 10.1 Å². The largest absolute Gasteiger partial charge is 0.494 e. The van der Waals surface area contributed by atoms with Gasteiger partial charge in [0, 0.05) is 16.6 Å². The van der Waals surface area contributed by atoms with Gasteiger partial charge in [-0.2, -0.15) is 0 Å². The molecule has 4 aromatic rings. The number of fused-ring (bicyclic) bond motifs is 1. The van der Waals surface area contributed by atoms with E-state index in [-0.39, 0.29) is 5.91 Å². The van der Waals surface area contributed by atoms with Crippen molar-refractivity contribution in [1.82, 2.24) is 9.97 Å². The van der Waals surface area contributed by atoms with Crippen LogP contribution in [0.25, 0.3) is 21.5 Å². The predicted octanol–water partition coefficient (Wildman–Crippen LogP) is 4.99. The fourth-order valence-corrected chi connectivity index (χ4v) is 4.40. The molecule has 130 valence electrons. The molecule has 26 heavy (non-hydrogen) atoms. The van der Waals surface area contributed by atoms with Gasteiger partial charge in [0.15, 0.2) is 5.13 Å². The minimum absolute atomic E-state index is 0.152. The van der Waals surface area contributed by atoms with E-state index in [1.165, 1.54) is 22.7 Å². The molecule has 0 fully saturated rings. The first-order valence-corrected chi connectivity index (χ1v) is 9.56. The monoisotopic (exact) mass is 381 g/mol. The van der Waals surface area contributed by atoms with E-state index in [0.717, 1.165) is 26.4 Å². The number of nitrogens with zero attached hydrogens (tertiary/aromatic N) is 2. The lowest BCUT2D eigenvalue weighted by atomic mass is 10.1. The second-order valence-corrected chi connectivity index (χ2v) is 7.88. The van der Waals surface area contributed by atoms with Gasteiger partial charge in [0.2, 0.25) is 0 Å². The summed E-state index contributed by atoms with van der Waals surface area (Å²) in [7, 11) is 1.61. The van der Waals surface area contributed by atoms with Gasteiger partial charge >= 0.3 is 0 Å². The molecule has 0 unspecified atom stereocenters. The van der Waals surface area contributed by atoms with Crippen LogP contribution >= 0.6 is 22.7 Å². The van der Waals surface area contributed by atoms with Gasteiger partial charge in [-0.25, -0.2) is 4.98 Å². The fraction of sp³-hybridized carbons (Fsp3) is 0.105. The van der Waals surface area contributed by atoms with E-state index in [1.807, 2.05) is 49.4 Å². The highest BCUT2D eigenvalue weighted by Crippen LogP contribution is 2.39. The van der Waals surface area contributed by atoms with Gasteiger partial charge in [-0.1, -0.05) is 17.4 Å². The molecule has 0 aliphatic heterocycles. The van der Waals surface area contributed by atoms with E-state index in [1.54, 1.807) is 13.3 Å². The number of hydrogen-bond acceptors (Lipinski definition) is 6. The smallest absolute Gasteiger partial charge is 0.267 e. The normalized spacial score (nSPS) is 10.8. The summed E-state index contributed by atoms with van der Waals surface area (Å²) in [6.45, 7) is 1.98. The number of methoxy groups -OCH3 is 1. The van der Waals surface area contributed by atoms with Crippen molar-refractivity contribution in [2.45, 2.75) is 6.92 Å². The Balaban J connectivity index is 1.76. The highest BCUT2D eigenvalue weighted by molar-refractivity contribution is 7.23. The summed E-state index contributed by atoms with van der Waals surface area (Å²) in [5.74, 6) is 0.518. The third-order valence-electron chi connectivity index (χ3n) is 3.85. The molecule has 3 heterocycles. The number of anilines is 1. The molecule has 5 nitrogen and oxygen atoms in total. The van der Waals surface area contributed by atoms with Crippen LogP contribution in [0, 0.1) is 6.92 Å². The standard InChI is InChI=1S/C19H15N3O2S2/c1-11-6-9-15(25-11)18(23)22-19-21-16-14(24-2)8-7-12(17(16)26-19)13-5-3-4-10-20-13/h3-10H,1-2H3,(H,21,22,23). The third-order valence-corrected chi connectivity index (χ3v) is 5.86. The molecule has 0 bridgehead atoms. The Kier molecular flexibility index (Phi) is 4.40. The maximum atomic E-state index is 12.4. The summed E-state index contributed by atoms with van der Waals surface area (Å²) in [6.07, 6.45) is 1.76. The minimum atomic E-state index is -0.152. The van der Waals surface area contributed by atoms with Crippen LogP contribution in [0.3, 0.4) is 0 Å². The van der Waals surface area contributed by atoms with Gasteiger partial charge in [0.25, 0.3) is 5.91 Å². The number of thiazole rings is 1. The number of carbonyl (C=O) groups is 1. The minimum Gasteiger partial charge on any atom is -0.494 e. The summed E-state index contributed by atoms with van der Waals surface area (Å²) < 4.78 is 6.37. The van der Waals surface area contributed by atoms with E-state index in [9.17, 15) is 4.79 Å². The lowest BCUT2D eigenvalue weighted by molar-refractivity contribution is 0.103. The molecule has 0 saturated carbocycles. The Hall–Kier alpha value is -2.77. The van der Waals surface area contributed by atoms with Gasteiger partial charge < -0.3 is 4.74 Å². The third kappa shape index (κ3) is 3.07. The van der Waals surface area contributed by atoms with Gasteiger partial charge in [0.05, 0.1) is 22.4 Å². The molecule has 0 radical (unpaired) electrons. The van der Waals surface area contributed by atoms with Crippen LogP contribution in [0.1, 0.15) is 14.5 Å². The number of nitrogens with one attached hydrogen (secondary N) is 1. The van der Waals surface area contributed by atoms with Crippen molar-refractivity contribution >= 4 is 43.9 Å². The van der Waals surface area contributed by atoms with E-state index >= 15 is 0 Å². The van der Waals surface area contributed by atoms with E-state index in [0.29, 0.717) is 15.8 Å². The molecule has 0 saturated heterocycles. The Labute approximate surface area is 158 Å². The Morgan fingerprint density at radius 1 is 1.12 bits per heavy atom. The molecule has 7 heteroatoms. The van der Waals surface area contributed by atoms with E-state index in [4.69, 9.17) is 4.74 Å². The zero-order valence-corrected chi connectivity index (χ0v) is 15.8. The van der Waals surface area contributed by atoms with Crippen molar-refractivity contribution in [3.8, 4) is 17.0 Å². The number of benzene rings is 1. The summed E-state index contributed by atoms with van der Waals surface area (Å²) in [6, 6.07) is 13.4. The van der Waals surface area contributed by atoms with Crippen LogP contribution in [0.15, 0.2) is 48.7 Å². The second kappa shape index (κ2) is 6.86. The quantitative estimate of drug-likeness (QED) is 0.541. The van der Waals surface area contributed by atoms with Gasteiger partial charge in [-0.3, -0.25) is 15.1 Å².